The average Bonchev–Trinajstić information content (AvgIpc) is 2.91. The maximum Gasteiger partial charge on any atom is 0.321 e. The van der Waals surface area contributed by atoms with E-state index in [0.717, 1.165) is 11.4 Å². The van der Waals surface area contributed by atoms with E-state index in [1.807, 2.05) is 32.0 Å². The second kappa shape index (κ2) is 6.85. The fraction of sp³-hybridized carbons (Fsp3) is 0.357. The van der Waals surface area contributed by atoms with Gasteiger partial charge >= 0.3 is 6.03 Å². The zero-order valence-corrected chi connectivity index (χ0v) is 12.1. The molecule has 7 heteroatoms. The SMILES string of the molecule is CCN(CCO)C(=O)Nc1cccc(-c2n[nH]c(C)n2)c1. The lowest BCUT2D eigenvalue weighted by Crippen LogP contribution is -2.36. The lowest BCUT2D eigenvalue weighted by atomic mass is 10.2. The quantitative estimate of drug-likeness (QED) is 0.779. The third-order valence-corrected chi connectivity index (χ3v) is 3.01. The molecule has 0 atom stereocenters. The normalized spacial score (nSPS) is 10.4. The van der Waals surface area contributed by atoms with Gasteiger partial charge in [0.2, 0.25) is 0 Å². The number of aromatic amines is 1. The minimum atomic E-state index is -0.241. The maximum atomic E-state index is 12.1. The Labute approximate surface area is 123 Å². The first-order valence-electron chi connectivity index (χ1n) is 6.80. The number of carbonyl (C=O) groups excluding carboxylic acids is 1. The Balaban J connectivity index is 2.12. The number of aliphatic hydroxyl groups is 1. The van der Waals surface area contributed by atoms with Crippen molar-refractivity contribution in [2.24, 2.45) is 0 Å². The van der Waals surface area contributed by atoms with Crippen molar-refractivity contribution in [1.82, 2.24) is 20.1 Å². The van der Waals surface area contributed by atoms with Crippen LogP contribution in [0.5, 0.6) is 0 Å². The standard InChI is InChI=1S/C14H19N5O2/c1-3-19(7-8-20)14(21)16-12-6-4-5-11(9-12)13-15-10(2)17-18-13/h4-6,9,20H,3,7-8H2,1-2H3,(H,16,21)(H,15,17,18). The van der Waals surface area contributed by atoms with Crippen LogP contribution in [0.2, 0.25) is 0 Å². The number of H-pyrrole nitrogens is 1. The van der Waals surface area contributed by atoms with Gasteiger partial charge in [0.05, 0.1) is 6.61 Å². The average molecular weight is 289 g/mol. The molecule has 0 saturated carbocycles. The van der Waals surface area contributed by atoms with Crippen LogP contribution in [0.25, 0.3) is 11.4 Å². The molecule has 0 unspecified atom stereocenters. The maximum absolute atomic E-state index is 12.1. The van der Waals surface area contributed by atoms with E-state index in [4.69, 9.17) is 5.11 Å². The molecule has 0 spiro atoms. The van der Waals surface area contributed by atoms with Gasteiger partial charge in [-0.15, -0.1) is 0 Å². The topological polar surface area (TPSA) is 94.1 Å². The summed E-state index contributed by atoms with van der Waals surface area (Å²) in [6.45, 7) is 4.48. The summed E-state index contributed by atoms with van der Waals surface area (Å²) in [6, 6.07) is 7.08. The van der Waals surface area contributed by atoms with Gasteiger partial charge in [0.25, 0.3) is 0 Å². The molecule has 0 radical (unpaired) electrons. The van der Waals surface area contributed by atoms with Gasteiger partial charge in [-0.25, -0.2) is 9.78 Å². The van der Waals surface area contributed by atoms with Crippen LogP contribution in [0.15, 0.2) is 24.3 Å². The first-order valence-corrected chi connectivity index (χ1v) is 6.80. The van der Waals surface area contributed by atoms with Crippen molar-refractivity contribution in [3.63, 3.8) is 0 Å². The third-order valence-electron chi connectivity index (χ3n) is 3.01. The van der Waals surface area contributed by atoms with Crippen molar-refractivity contribution in [3.8, 4) is 11.4 Å². The summed E-state index contributed by atoms with van der Waals surface area (Å²) in [7, 11) is 0. The predicted molar refractivity (Wildman–Crippen MR) is 79.9 cm³/mol. The number of hydrogen-bond acceptors (Lipinski definition) is 4. The van der Waals surface area contributed by atoms with Gasteiger partial charge in [0.1, 0.15) is 5.82 Å². The second-order valence-electron chi connectivity index (χ2n) is 4.56. The molecule has 3 N–H and O–H groups in total. The van der Waals surface area contributed by atoms with Gasteiger partial charge in [0, 0.05) is 24.3 Å². The Morgan fingerprint density at radius 3 is 2.90 bits per heavy atom. The van der Waals surface area contributed by atoms with Gasteiger partial charge in [-0.05, 0) is 26.0 Å². The first kappa shape index (κ1) is 15.0. The molecular weight excluding hydrogens is 270 g/mol. The molecule has 1 aromatic heterocycles. The van der Waals surface area contributed by atoms with Crippen LogP contribution in [-0.2, 0) is 0 Å². The number of nitrogens with one attached hydrogen (secondary N) is 2. The van der Waals surface area contributed by atoms with Crippen LogP contribution in [-0.4, -0.2) is 50.9 Å². The third kappa shape index (κ3) is 3.79. The van der Waals surface area contributed by atoms with E-state index < -0.39 is 0 Å². The van der Waals surface area contributed by atoms with Crippen LogP contribution in [0.1, 0.15) is 12.7 Å². The molecule has 1 aromatic carbocycles. The number of hydrogen-bond donors (Lipinski definition) is 3. The van der Waals surface area contributed by atoms with Gasteiger partial charge in [-0.2, -0.15) is 5.10 Å². The number of anilines is 1. The molecule has 2 rings (SSSR count). The number of aromatic nitrogens is 3. The van der Waals surface area contributed by atoms with E-state index in [2.05, 4.69) is 20.5 Å². The largest absolute Gasteiger partial charge is 0.395 e. The molecule has 0 saturated heterocycles. The van der Waals surface area contributed by atoms with Crippen molar-refractivity contribution in [2.45, 2.75) is 13.8 Å². The highest BCUT2D eigenvalue weighted by Gasteiger charge is 2.11. The Hall–Kier alpha value is -2.41. The van der Waals surface area contributed by atoms with Crippen LogP contribution in [0.3, 0.4) is 0 Å². The van der Waals surface area contributed by atoms with E-state index in [1.165, 1.54) is 4.90 Å². The van der Waals surface area contributed by atoms with Crippen LogP contribution in [0, 0.1) is 6.92 Å². The molecule has 0 fully saturated rings. The van der Waals surface area contributed by atoms with E-state index >= 15 is 0 Å². The smallest absolute Gasteiger partial charge is 0.321 e. The number of aliphatic hydroxyl groups excluding tert-OH is 1. The molecule has 0 aliphatic heterocycles. The molecule has 0 aliphatic rings. The Morgan fingerprint density at radius 1 is 1.48 bits per heavy atom. The second-order valence-corrected chi connectivity index (χ2v) is 4.56. The molecule has 7 nitrogen and oxygen atoms in total. The fourth-order valence-electron chi connectivity index (χ4n) is 1.93. The van der Waals surface area contributed by atoms with Crippen molar-refractivity contribution >= 4 is 11.7 Å². The first-order chi connectivity index (χ1) is 10.1. The highest BCUT2D eigenvalue weighted by molar-refractivity contribution is 5.90. The number of nitrogens with zero attached hydrogens (tertiary/aromatic N) is 3. The lowest BCUT2D eigenvalue weighted by molar-refractivity contribution is 0.192. The van der Waals surface area contributed by atoms with Crippen molar-refractivity contribution < 1.29 is 9.90 Å². The highest BCUT2D eigenvalue weighted by Crippen LogP contribution is 2.19. The molecule has 2 aromatic rings. The summed E-state index contributed by atoms with van der Waals surface area (Å²) in [5.41, 5.74) is 1.48. The van der Waals surface area contributed by atoms with Gasteiger partial charge in [0.15, 0.2) is 5.82 Å². The number of rotatable bonds is 5. The number of carbonyl (C=O) groups is 1. The summed E-state index contributed by atoms with van der Waals surface area (Å²) < 4.78 is 0. The number of likely N-dealkylation sites (N-methyl/N-ethyl adjacent to an activating group) is 1. The van der Waals surface area contributed by atoms with E-state index in [9.17, 15) is 4.79 Å². The fourth-order valence-corrected chi connectivity index (χ4v) is 1.93. The zero-order valence-electron chi connectivity index (χ0n) is 12.1. The summed E-state index contributed by atoms with van der Waals surface area (Å²) >= 11 is 0. The molecule has 2 amide bonds. The molecular formula is C14H19N5O2. The predicted octanol–water partition coefficient (Wildman–Crippen LogP) is 1.63. The van der Waals surface area contributed by atoms with Crippen molar-refractivity contribution in [2.75, 3.05) is 25.0 Å². The van der Waals surface area contributed by atoms with E-state index in [-0.39, 0.29) is 12.6 Å². The minimum Gasteiger partial charge on any atom is -0.395 e. The zero-order chi connectivity index (χ0) is 15.2. The van der Waals surface area contributed by atoms with Crippen molar-refractivity contribution in [1.29, 1.82) is 0 Å². The van der Waals surface area contributed by atoms with Crippen LogP contribution >= 0.6 is 0 Å². The molecule has 0 aliphatic carbocycles. The monoisotopic (exact) mass is 289 g/mol. The molecule has 21 heavy (non-hydrogen) atoms. The molecule has 1 heterocycles. The van der Waals surface area contributed by atoms with Crippen LogP contribution in [0.4, 0.5) is 10.5 Å². The summed E-state index contributed by atoms with van der Waals surface area (Å²) in [5, 5.41) is 18.6. The highest BCUT2D eigenvalue weighted by atomic mass is 16.3. The van der Waals surface area contributed by atoms with Gasteiger partial charge in [-0.1, -0.05) is 12.1 Å². The lowest BCUT2D eigenvalue weighted by Gasteiger charge is -2.20. The van der Waals surface area contributed by atoms with Gasteiger partial charge in [-0.3, -0.25) is 5.10 Å². The summed E-state index contributed by atoms with van der Waals surface area (Å²) in [5.74, 6) is 1.32. The Morgan fingerprint density at radius 2 is 2.29 bits per heavy atom. The molecule has 0 bridgehead atoms. The summed E-state index contributed by atoms with van der Waals surface area (Å²) in [6.07, 6.45) is 0. The summed E-state index contributed by atoms with van der Waals surface area (Å²) in [4.78, 5) is 17.8. The minimum absolute atomic E-state index is 0.0578. The van der Waals surface area contributed by atoms with Gasteiger partial charge < -0.3 is 15.3 Å². The Bertz CT molecular complexity index is 611. The van der Waals surface area contributed by atoms with Crippen LogP contribution < -0.4 is 5.32 Å². The van der Waals surface area contributed by atoms with E-state index in [0.29, 0.717) is 24.6 Å². The number of urea groups is 1. The van der Waals surface area contributed by atoms with E-state index in [1.54, 1.807) is 6.07 Å². The molecule has 112 valence electrons. The Kier molecular flexibility index (Phi) is 4.89. The number of benzene rings is 1. The van der Waals surface area contributed by atoms with Crippen molar-refractivity contribution in [3.05, 3.63) is 30.1 Å². The number of amides is 2. The number of aryl methyl sites for hydroxylation is 1.